The Kier molecular flexibility index (Phi) is 6.36. The van der Waals surface area contributed by atoms with E-state index in [1.54, 1.807) is 0 Å². The molecule has 1 heterocycles. The maximum atomic E-state index is 12.0. The number of benzene rings is 1. The lowest BCUT2D eigenvalue weighted by atomic mass is 10.2. The van der Waals surface area contributed by atoms with E-state index in [2.05, 4.69) is 24.1 Å². The van der Waals surface area contributed by atoms with Gasteiger partial charge in [-0.2, -0.15) is 0 Å². The number of carbonyl (C=O) groups excluding carboxylic acids is 1. The lowest BCUT2D eigenvalue weighted by Crippen LogP contribution is -2.45. The summed E-state index contributed by atoms with van der Waals surface area (Å²) in [5, 5.41) is 2.93. The number of amides is 1. The van der Waals surface area contributed by atoms with Crippen molar-refractivity contribution in [1.29, 1.82) is 0 Å². The molecule has 0 saturated carbocycles. The van der Waals surface area contributed by atoms with E-state index in [1.165, 1.54) is 0 Å². The molecule has 1 fully saturated rings. The third-order valence-corrected chi connectivity index (χ3v) is 3.82. The van der Waals surface area contributed by atoms with Crippen molar-refractivity contribution in [3.63, 3.8) is 0 Å². The zero-order valence-electron chi connectivity index (χ0n) is 13.5. The summed E-state index contributed by atoms with van der Waals surface area (Å²) in [6.07, 6.45) is 1.95. The van der Waals surface area contributed by atoms with Crippen LogP contribution in [0.4, 0.5) is 5.69 Å². The fraction of sp³-hybridized carbons (Fsp3) is 0.588. The van der Waals surface area contributed by atoms with Gasteiger partial charge in [-0.1, -0.05) is 12.1 Å². The third-order valence-electron chi connectivity index (χ3n) is 3.82. The largest absolute Gasteiger partial charge is 0.373 e. The molecule has 5 heteroatoms. The van der Waals surface area contributed by atoms with Crippen LogP contribution >= 0.6 is 0 Å². The molecule has 1 aliphatic rings. The van der Waals surface area contributed by atoms with Gasteiger partial charge in [-0.25, -0.2) is 0 Å². The molecule has 22 heavy (non-hydrogen) atoms. The van der Waals surface area contributed by atoms with Crippen molar-refractivity contribution >= 4 is 11.6 Å². The summed E-state index contributed by atoms with van der Waals surface area (Å²) in [4.78, 5) is 14.4. The van der Waals surface area contributed by atoms with Crippen LogP contribution in [0.25, 0.3) is 0 Å². The number of nitrogens with zero attached hydrogens (tertiary/aromatic N) is 1. The van der Waals surface area contributed by atoms with Gasteiger partial charge < -0.3 is 15.8 Å². The summed E-state index contributed by atoms with van der Waals surface area (Å²) in [6.45, 7) is 7.51. The highest BCUT2D eigenvalue weighted by Gasteiger charge is 2.21. The molecular formula is C17H27N3O2. The first-order valence-corrected chi connectivity index (χ1v) is 8.03. The van der Waals surface area contributed by atoms with Crippen LogP contribution in [0.15, 0.2) is 24.3 Å². The molecular weight excluding hydrogens is 278 g/mol. The van der Waals surface area contributed by atoms with E-state index in [0.717, 1.165) is 37.3 Å². The molecule has 1 aromatic carbocycles. The van der Waals surface area contributed by atoms with Gasteiger partial charge in [-0.15, -0.1) is 0 Å². The van der Waals surface area contributed by atoms with E-state index < -0.39 is 0 Å². The summed E-state index contributed by atoms with van der Waals surface area (Å²) < 4.78 is 5.71. The van der Waals surface area contributed by atoms with E-state index >= 15 is 0 Å². The van der Waals surface area contributed by atoms with Crippen molar-refractivity contribution in [2.75, 3.05) is 25.0 Å². The maximum Gasteiger partial charge on any atom is 0.224 e. The van der Waals surface area contributed by atoms with Crippen LogP contribution in [-0.2, 0) is 16.1 Å². The number of carbonyl (C=O) groups is 1. The molecule has 5 nitrogen and oxygen atoms in total. The molecule has 1 aliphatic heterocycles. The highest BCUT2D eigenvalue weighted by molar-refractivity contribution is 5.90. The fourth-order valence-corrected chi connectivity index (χ4v) is 2.93. The Morgan fingerprint density at radius 3 is 2.77 bits per heavy atom. The van der Waals surface area contributed by atoms with Crippen LogP contribution in [0.5, 0.6) is 0 Å². The second kappa shape index (κ2) is 8.27. The fourth-order valence-electron chi connectivity index (χ4n) is 2.93. The Balaban J connectivity index is 1.71. The van der Waals surface area contributed by atoms with Crippen LogP contribution in [0.1, 0.15) is 32.3 Å². The van der Waals surface area contributed by atoms with Gasteiger partial charge in [0.15, 0.2) is 0 Å². The van der Waals surface area contributed by atoms with Gasteiger partial charge in [-0.05, 0) is 44.5 Å². The zero-order chi connectivity index (χ0) is 15.9. The first-order chi connectivity index (χ1) is 10.6. The Labute approximate surface area is 132 Å². The van der Waals surface area contributed by atoms with Crippen molar-refractivity contribution in [2.24, 2.45) is 5.73 Å². The first kappa shape index (κ1) is 16.9. The average molecular weight is 305 g/mol. The molecule has 0 aliphatic carbocycles. The minimum Gasteiger partial charge on any atom is -0.373 e. The van der Waals surface area contributed by atoms with Crippen LogP contribution < -0.4 is 11.1 Å². The standard InChI is InChI=1S/C17H27N3O2/c1-13-11-20(12-14(2)22-13)8-4-7-17(21)19-16-6-3-5-15(9-16)10-18/h3,5-6,9,13-14H,4,7-8,10-12,18H2,1-2H3,(H,19,21). The lowest BCUT2D eigenvalue weighted by Gasteiger charge is -2.35. The molecule has 1 aromatic rings. The molecule has 2 rings (SSSR count). The number of nitrogens with one attached hydrogen (secondary N) is 1. The van der Waals surface area contributed by atoms with Crippen LogP contribution in [0.3, 0.4) is 0 Å². The number of morpholine rings is 1. The topological polar surface area (TPSA) is 67.6 Å². The van der Waals surface area contributed by atoms with Crippen molar-refractivity contribution in [3.05, 3.63) is 29.8 Å². The second-order valence-electron chi connectivity index (χ2n) is 6.07. The second-order valence-corrected chi connectivity index (χ2v) is 6.07. The molecule has 0 aromatic heterocycles. The third kappa shape index (κ3) is 5.40. The molecule has 0 radical (unpaired) electrons. The van der Waals surface area contributed by atoms with Gasteiger partial charge in [0.2, 0.25) is 5.91 Å². The van der Waals surface area contributed by atoms with Crippen molar-refractivity contribution < 1.29 is 9.53 Å². The van der Waals surface area contributed by atoms with E-state index in [-0.39, 0.29) is 18.1 Å². The van der Waals surface area contributed by atoms with Gasteiger partial charge in [0, 0.05) is 31.7 Å². The van der Waals surface area contributed by atoms with Crippen LogP contribution in [-0.4, -0.2) is 42.6 Å². The summed E-state index contributed by atoms with van der Waals surface area (Å²) in [5.41, 5.74) is 7.45. The summed E-state index contributed by atoms with van der Waals surface area (Å²) in [7, 11) is 0. The Hall–Kier alpha value is -1.43. The molecule has 1 saturated heterocycles. The lowest BCUT2D eigenvalue weighted by molar-refractivity contribution is -0.116. The highest BCUT2D eigenvalue weighted by atomic mass is 16.5. The number of nitrogens with two attached hydrogens (primary N) is 1. The predicted molar refractivity (Wildman–Crippen MR) is 88.6 cm³/mol. The molecule has 1 amide bonds. The average Bonchev–Trinajstić information content (AvgIpc) is 2.46. The molecule has 122 valence electrons. The number of hydrogen-bond acceptors (Lipinski definition) is 4. The zero-order valence-corrected chi connectivity index (χ0v) is 13.5. The summed E-state index contributed by atoms with van der Waals surface area (Å²) in [5.74, 6) is 0.0588. The van der Waals surface area contributed by atoms with E-state index in [0.29, 0.717) is 13.0 Å². The minimum absolute atomic E-state index is 0.0588. The van der Waals surface area contributed by atoms with Gasteiger partial charge in [0.1, 0.15) is 0 Å². The number of anilines is 1. The van der Waals surface area contributed by atoms with Crippen LogP contribution in [0, 0.1) is 0 Å². The molecule has 2 unspecified atom stereocenters. The molecule has 0 spiro atoms. The summed E-state index contributed by atoms with van der Waals surface area (Å²) >= 11 is 0. The van der Waals surface area contributed by atoms with Crippen molar-refractivity contribution in [1.82, 2.24) is 4.90 Å². The normalized spacial score (nSPS) is 22.5. The van der Waals surface area contributed by atoms with Gasteiger partial charge in [0.25, 0.3) is 0 Å². The van der Waals surface area contributed by atoms with E-state index in [4.69, 9.17) is 10.5 Å². The number of rotatable bonds is 6. The summed E-state index contributed by atoms with van der Waals surface area (Å²) in [6, 6.07) is 7.68. The maximum absolute atomic E-state index is 12.0. The number of ether oxygens (including phenoxy) is 1. The highest BCUT2D eigenvalue weighted by Crippen LogP contribution is 2.13. The Bertz CT molecular complexity index is 483. The molecule has 3 N–H and O–H groups in total. The number of hydrogen-bond donors (Lipinski definition) is 2. The minimum atomic E-state index is 0.0588. The van der Waals surface area contributed by atoms with Crippen LogP contribution in [0.2, 0.25) is 0 Å². The molecule has 0 bridgehead atoms. The van der Waals surface area contributed by atoms with Gasteiger partial charge >= 0.3 is 0 Å². The first-order valence-electron chi connectivity index (χ1n) is 8.03. The molecule has 2 atom stereocenters. The van der Waals surface area contributed by atoms with Crippen molar-refractivity contribution in [3.8, 4) is 0 Å². The van der Waals surface area contributed by atoms with E-state index in [1.807, 2.05) is 24.3 Å². The Morgan fingerprint density at radius 2 is 2.09 bits per heavy atom. The van der Waals surface area contributed by atoms with Gasteiger partial charge in [0.05, 0.1) is 12.2 Å². The SMILES string of the molecule is CC1CN(CCCC(=O)Nc2cccc(CN)c2)CC(C)O1. The quantitative estimate of drug-likeness (QED) is 0.843. The monoisotopic (exact) mass is 305 g/mol. The van der Waals surface area contributed by atoms with Gasteiger partial charge in [-0.3, -0.25) is 9.69 Å². The van der Waals surface area contributed by atoms with E-state index in [9.17, 15) is 4.79 Å². The Morgan fingerprint density at radius 1 is 1.36 bits per heavy atom. The predicted octanol–water partition coefficient (Wildman–Crippen LogP) is 1.97. The smallest absolute Gasteiger partial charge is 0.224 e. The van der Waals surface area contributed by atoms with Crippen molar-refractivity contribution in [2.45, 2.75) is 45.4 Å².